The smallest absolute Gasteiger partial charge is 0.341 e. The van der Waals surface area contributed by atoms with Crippen LogP contribution in [0.3, 0.4) is 0 Å². The number of carbonyl (C=O) groups is 1. The molecular formula is C11H10FN3O3. The molecule has 3 N–H and O–H groups in total. The van der Waals surface area contributed by atoms with Gasteiger partial charge in [0.1, 0.15) is 17.1 Å². The summed E-state index contributed by atoms with van der Waals surface area (Å²) in [6.45, 7) is 0. The lowest BCUT2D eigenvalue weighted by atomic mass is 10.1. The lowest BCUT2D eigenvalue weighted by Crippen LogP contribution is -2.06. The molecule has 0 unspecified atom stereocenters. The zero-order chi connectivity index (χ0) is 13.3. The molecule has 0 aliphatic rings. The molecule has 2 rings (SSSR count). The Balaban J connectivity index is 2.44. The van der Waals surface area contributed by atoms with E-state index in [1.807, 2.05) is 0 Å². The third-order valence-corrected chi connectivity index (χ3v) is 2.28. The van der Waals surface area contributed by atoms with Crippen molar-refractivity contribution in [2.75, 3.05) is 5.73 Å². The number of hydrogen-bond donors (Lipinski definition) is 2. The van der Waals surface area contributed by atoms with Gasteiger partial charge in [0.25, 0.3) is 0 Å². The van der Waals surface area contributed by atoms with Gasteiger partial charge in [-0.05, 0) is 12.1 Å². The number of hydrogen-bond acceptors (Lipinski definition) is 4. The van der Waals surface area contributed by atoms with Gasteiger partial charge in [0.2, 0.25) is 0 Å². The van der Waals surface area contributed by atoms with Gasteiger partial charge in [-0.3, -0.25) is 4.68 Å². The van der Waals surface area contributed by atoms with Gasteiger partial charge in [0, 0.05) is 7.05 Å². The van der Waals surface area contributed by atoms with Gasteiger partial charge in [-0.15, -0.1) is 0 Å². The molecule has 0 saturated carbocycles. The molecule has 1 aromatic heterocycles. The van der Waals surface area contributed by atoms with E-state index in [1.54, 1.807) is 13.2 Å². The van der Waals surface area contributed by atoms with Gasteiger partial charge in [0.15, 0.2) is 5.75 Å². The summed E-state index contributed by atoms with van der Waals surface area (Å²) in [4.78, 5) is 11.0. The van der Waals surface area contributed by atoms with Crippen LogP contribution in [0.5, 0.6) is 11.5 Å². The van der Waals surface area contributed by atoms with Crippen LogP contribution in [0.4, 0.5) is 10.1 Å². The van der Waals surface area contributed by atoms with Crippen LogP contribution < -0.4 is 10.5 Å². The molecule has 0 saturated heterocycles. The van der Waals surface area contributed by atoms with E-state index in [9.17, 15) is 9.18 Å². The lowest BCUT2D eigenvalue weighted by molar-refractivity contribution is 0.0695. The summed E-state index contributed by atoms with van der Waals surface area (Å²) >= 11 is 0. The van der Waals surface area contributed by atoms with Crippen LogP contribution in [0.2, 0.25) is 0 Å². The zero-order valence-electron chi connectivity index (χ0n) is 9.42. The Labute approximate surface area is 101 Å². The normalized spacial score (nSPS) is 10.3. The largest absolute Gasteiger partial charge is 0.477 e. The molecule has 0 aliphatic carbocycles. The highest BCUT2D eigenvalue weighted by molar-refractivity contribution is 5.97. The standard InChI is InChI=1S/C11H10FN3O3/c1-15-5-6(4-14-15)18-8-3-2-7(12)10(13)9(8)11(16)17/h2-5H,13H2,1H3,(H,16,17). The molecule has 0 spiro atoms. The van der Waals surface area contributed by atoms with E-state index in [0.717, 1.165) is 6.07 Å². The van der Waals surface area contributed by atoms with Crippen molar-refractivity contribution in [2.24, 2.45) is 7.05 Å². The number of carboxylic acid groups (broad SMARTS) is 1. The van der Waals surface area contributed by atoms with Gasteiger partial charge < -0.3 is 15.6 Å². The van der Waals surface area contributed by atoms with Crippen molar-refractivity contribution in [3.8, 4) is 11.5 Å². The van der Waals surface area contributed by atoms with Gasteiger partial charge >= 0.3 is 5.97 Å². The minimum Gasteiger partial charge on any atom is -0.477 e. The minimum absolute atomic E-state index is 0.0330. The van der Waals surface area contributed by atoms with Crippen LogP contribution in [0, 0.1) is 5.82 Å². The molecule has 2 aromatic rings. The van der Waals surface area contributed by atoms with E-state index >= 15 is 0 Å². The molecule has 6 nitrogen and oxygen atoms in total. The number of aromatic carboxylic acids is 1. The molecule has 0 atom stereocenters. The van der Waals surface area contributed by atoms with Gasteiger partial charge in [-0.2, -0.15) is 5.10 Å². The van der Waals surface area contributed by atoms with Crippen LogP contribution in [-0.4, -0.2) is 20.9 Å². The summed E-state index contributed by atoms with van der Waals surface area (Å²) < 4.78 is 20.0. The molecule has 0 aliphatic heterocycles. The van der Waals surface area contributed by atoms with Gasteiger partial charge in [-0.25, -0.2) is 9.18 Å². The first-order valence-electron chi connectivity index (χ1n) is 4.97. The number of nitrogens with two attached hydrogens (primary N) is 1. The van der Waals surface area contributed by atoms with Gasteiger partial charge in [0.05, 0.1) is 18.1 Å². The SMILES string of the molecule is Cn1cc(Oc2ccc(F)c(N)c2C(=O)O)cn1. The summed E-state index contributed by atoms with van der Waals surface area (Å²) in [7, 11) is 1.68. The van der Waals surface area contributed by atoms with Crippen molar-refractivity contribution >= 4 is 11.7 Å². The number of nitrogen functional groups attached to an aromatic ring is 1. The first-order valence-corrected chi connectivity index (χ1v) is 4.97. The highest BCUT2D eigenvalue weighted by atomic mass is 19.1. The van der Waals surface area contributed by atoms with Gasteiger partial charge in [-0.1, -0.05) is 0 Å². The number of ether oxygens (including phenoxy) is 1. The zero-order valence-corrected chi connectivity index (χ0v) is 9.42. The number of halogens is 1. The molecule has 18 heavy (non-hydrogen) atoms. The maximum absolute atomic E-state index is 13.2. The Hall–Kier alpha value is -2.57. The summed E-state index contributed by atoms with van der Waals surface area (Å²) in [5, 5.41) is 12.9. The monoisotopic (exact) mass is 251 g/mol. The second-order valence-electron chi connectivity index (χ2n) is 3.59. The van der Waals surface area contributed by atoms with E-state index in [2.05, 4.69) is 5.10 Å². The molecule has 1 heterocycles. The molecular weight excluding hydrogens is 241 g/mol. The minimum atomic E-state index is -1.36. The first-order chi connectivity index (χ1) is 8.49. The van der Waals surface area contributed by atoms with Crippen molar-refractivity contribution in [2.45, 2.75) is 0 Å². The molecule has 0 fully saturated rings. The van der Waals surface area contributed by atoms with E-state index in [-0.39, 0.29) is 5.75 Å². The Kier molecular flexibility index (Phi) is 2.88. The Morgan fingerprint density at radius 2 is 2.28 bits per heavy atom. The summed E-state index contributed by atoms with van der Waals surface area (Å²) in [6, 6.07) is 2.26. The average molecular weight is 251 g/mol. The number of nitrogens with zero attached hydrogens (tertiary/aromatic N) is 2. The third-order valence-electron chi connectivity index (χ3n) is 2.28. The predicted octanol–water partition coefficient (Wildman–Crippen LogP) is 1.63. The summed E-state index contributed by atoms with van der Waals surface area (Å²) in [5.41, 5.74) is 4.53. The Morgan fingerprint density at radius 1 is 1.56 bits per heavy atom. The maximum atomic E-state index is 13.2. The fraction of sp³-hybridized carbons (Fsp3) is 0.0909. The van der Waals surface area contributed by atoms with Crippen molar-refractivity contribution < 1.29 is 19.0 Å². The van der Waals surface area contributed by atoms with Crippen LogP contribution in [0.1, 0.15) is 10.4 Å². The second-order valence-corrected chi connectivity index (χ2v) is 3.59. The third kappa shape index (κ3) is 2.10. The quantitative estimate of drug-likeness (QED) is 0.809. The Morgan fingerprint density at radius 3 is 2.83 bits per heavy atom. The molecule has 0 bridgehead atoms. The number of rotatable bonds is 3. The van der Waals surface area contributed by atoms with E-state index in [0.29, 0.717) is 5.75 Å². The number of carboxylic acids is 1. The molecule has 7 heteroatoms. The number of aromatic nitrogens is 2. The second kappa shape index (κ2) is 4.36. The first kappa shape index (κ1) is 11.9. The fourth-order valence-corrected chi connectivity index (χ4v) is 1.46. The molecule has 0 radical (unpaired) electrons. The van der Waals surface area contributed by atoms with Crippen LogP contribution >= 0.6 is 0 Å². The van der Waals surface area contributed by atoms with Crippen molar-refractivity contribution in [1.29, 1.82) is 0 Å². The summed E-state index contributed by atoms with van der Waals surface area (Å²) in [5.74, 6) is -1.85. The highest BCUT2D eigenvalue weighted by Crippen LogP contribution is 2.30. The summed E-state index contributed by atoms with van der Waals surface area (Å²) in [6.07, 6.45) is 2.95. The number of aryl methyl sites for hydroxylation is 1. The van der Waals surface area contributed by atoms with Crippen molar-refractivity contribution in [1.82, 2.24) is 9.78 Å². The number of anilines is 1. The van der Waals surface area contributed by atoms with E-state index in [4.69, 9.17) is 15.6 Å². The van der Waals surface area contributed by atoms with Crippen molar-refractivity contribution in [3.63, 3.8) is 0 Å². The van der Waals surface area contributed by atoms with Crippen LogP contribution in [0.15, 0.2) is 24.5 Å². The van der Waals surface area contributed by atoms with Crippen LogP contribution in [0.25, 0.3) is 0 Å². The molecule has 1 aromatic carbocycles. The van der Waals surface area contributed by atoms with E-state index in [1.165, 1.54) is 16.9 Å². The fourth-order valence-electron chi connectivity index (χ4n) is 1.46. The maximum Gasteiger partial charge on any atom is 0.341 e. The molecule has 94 valence electrons. The average Bonchev–Trinajstić information content (AvgIpc) is 2.69. The number of benzene rings is 1. The molecule has 0 amide bonds. The highest BCUT2D eigenvalue weighted by Gasteiger charge is 2.19. The Bertz CT molecular complexity index is 610. The topological polar surface area (TPSA) is 90.4 Å². The van der Waals surface area contributed by atoms with Crippen LogP contribution in [-0.2, 0) is 7.05 Å². The predicted molar refractivity (Wildman–Crippen MR) is 61.1 cm³/mol. The lowest BCUT2D eigenvalue weighted by Gasteiger charge is -2.09. The van der Waals surface area contributed by atoms with Crippen molar-refractivity contribution in [3.05, 3.63) is 35.9 Å². The van der Waals surface area contributed by atoms with E-state index < -0.39 is 23.0 Å².